The van der Waals surface area contributed by atoms with Gasteiger partial charge in [0, 0.05) is 19.3 Å². The van der Waals surface area contributed by atoms with Crippen molar-refractivity contribution < 1.29 is 77.8 Å². The van der Waals surface area contributed by atoms with Crippen LogP contribution in [0.5, 0.6) is 0 Å². The lowest BCUT2D eigenvalue weighted by Crippen LogP contribution is -2.60. The molecule has 1 saturated heterocycles. The Morgan fingerprint density at radius 3 is 2.28 bits per heavy atom. The number of aliphatic hydroxyl groups is 5. The number of fused-ring (bicyclic) bond motifs is 1. The van der Waals surface area contributed by atoms with Crippen LogP contribution in [0.25, 0.3) is 0 Å². The molecule has 16 heteroatoms. The highest BCUT2D eigenvalue weighted by Gasteiger charge is 2.70. The summed E-state index contributed by atoms with van der Waals surface area (Å²) >= 11 is 0. The summed E-state index contributed by atoms with van der Waals surface area (Å²) < 4.78 is 43.0. The third kappa shape index (κ3) is 7.68. The van der Waals surface area contributed by atoms with Gasteiger partial charge in [0.15, 0.2) is 12.4 Å². The monoisotopic (exact) mass is 622 g/mol. The second-order valence-electron chi connectivity index (χ2n) is 11.1. The van der Waals surface area contributed by atoms with E-state index >= 15 is 0 Å². The summed E-state index contributed by atoms with van der Waals surface area (Å²) in [5, 5.41) is 52.0. The van der Waals surface area contributed by atoms with Gasteiger partial charge in [0.25, 0.3) is 11.6 Å². The molecule has 16 nitrogen and oxygen atoms in total. The minimum Gasteiger partial charge on any atom is -0.459 e. The lowest BCUT2D eigenvalue weighted by Gasteiger charge is -2.46. The van der Waals surface area contributed by atoms with Gasteiger partial charge in [-0.3, -0.25) is 4.79 Å². The molecule has 3 rings (SSSR count). The fourth-order valence-electron chi connectivity index (χ4n) is 5.51. The number of ether oxygens (including phenoxy) is 8. The third-order valence-corrected chi connectivity index (χ3v) is 7.43. The fourth-order valence-corrected chi connectivity index (χ4v) is 5.51. The van der Waals surface area contributed by atoms with Crippen LogP contribution in [0.15, 0.2) is 11.8 Å². The van der Waals surface area contributed by atoms with E-state index in [2.05, 4.69) is 0 Å². The first-order valence-corrected chi connectivity index (χ1v) is 14.1. The molecule has 2 aliphatic heterocycles. The number of rotatable bonds is 11. The van der Waals surface area contributed by atoms with Crippen molar-refractivity contribution in [3.63, 3.8) is 0 Å². The van der Waals surface area contributed by atoms with Gasteiger partial charge in [-0.1, -0.05) is 13.8 Å². The molecule has 2 heterocycles. The minimum atomic E-state index is -2.67. The standard InChI is InChI=1S/C27H42O16/c1-6-36-24(33)41-17-9-15-14(11-38-23-21(32)20(31)19(30)16(10-28)40-23)12-39-26(5,42-18(29)8-13(3)4)22(15)27(17,35)43-25(34)37-7-2/h12-13,15-17,19-23,28,30-32,35H,6-11H2,1-5H3/t15?,16?,17-,19?,20?,21?,22?,23?,26-,27-/m0/s1. The van der Waals surface area contributed by atoms with Crippen molar-refractivity contribution in [3.8, 4) is 0 Å². The van der Waals surface area contributed by atoms with Crippen molar-refractivity contribution in [2.45, 2.75) is 95.8 Å². The summed E-state index contributed by atoms with van der Waals surface area (Å²) in [4.78, 5) is 37.6. The maximum absolute atomic E-state index is 12.8. The molecule has 0 aromatic heterocycles. The predicted molar refractivity (Wildman–Crippen MR) is 139 cm³/mol. The van der Waals surface area contributed by atoms with E-state index in [0.29, 0.717) is 0 Å². The largest absolute Gasteiger partial charge is 0.510 e. The summed E-state index contributed by atoms with van der Waals surface area (Å²) in [6.07, 6.45) is -10.8. The van der Waals surface area contributed by atoms with Crippen LogP contribution in [-0.4, -0.2) is 119 Å². The van der Waals surface area contributed by atoms with Gasteiger partial charge in [-0.15, -0.1) is 0 Å². The lowest BCUT2D eigenvalue weighted by atomic mass is 9.79. The molecule has 3 aliphatic rings. The van der Waals surface area contributed by atoms with E-state index in [0.717, 1.165) is 0 Å². The first-order chi connectivity index (χ1) is 20.2. The van der Waals surface area contributed by atoms with Gasteiger partial charge in [-0.2, -0.15) is 0 Å². The summed E-state index contributed by atoms with van der Waals surface area (Å²) in [5.74, 6) is -7.73. The zero-order valence-electron chi connectivity index (χ0n) is 24.7. The number of carbonyl (C=O) groups is 3. The van der Waals surface area contributed by atoms with Crippen LogP contribution in [0.2, 0.25) is 0 Å². The predicted octanol–water partition coefficient (Wildman–Crippen LogP) is 0.0620. The van der Waals surface area contributed by atoms with Crippen molar-refractivity contribution in [1.29, 1.82) is 0 Å². The van der Waals surface area contributed by atoms with Gasteiger partial charge < -0.3 is 63.4 Å². The Bertz CT molecular complexity index is 1010. The van der Waals surface area contributed by atoms with Crippen LogP contribution in [0.4, 0.5) is 9.59 Å². The molecular weight excluding hydrogens is 580 g/mol. The summed E-state index contributed by atoms with van der Waals surface area (Å²) in [5.41, 5.74) is 0.264. The average molecular weight is 623 g/mol. The maximum atomic E-state index is 12.8. The fraction of sp³-hybridized carbons (Fsp3) is 0.815. The number of esters is 1. The Kier molecular flexibility index (Phi) is 11.6. The van der Waals surface area contributed by atoms with Crippen LogP contribution in [0.3, 0.4) is 0 Å². The summed E-state index contributed by atoms with van der Waals surface area (Å²) in [6, 6.07) is 0. The Balaban J connectivity index is 1.98. The van der Waals surface area contributed by atoms with Crippen molar-refractivity contribution in [2.24, 2.45) is 17.8 Å². The summed E-state index contributed by atoms with van der Waals surface area (Å²) in [6.45, 7) is 6.75. The molecule has 2 fully saturated rings. The first kappa shape index (κ1) is 34.8. The minimum absolute atomic E-state index is 0.00690. The molecule has 1 saturated carbocycles. The second kappa shape index (κ2) is 14.4. The third-order valence-electron chi connectivity index (χ3n) is 7.43. The number of aliphatic hydroxyl groups excluding tert-OH is 4. The quantitative estimate of drug-likeness (QED) is 0.117. The maximum Gasteiger partial charge on any atom is 0.510 e. The molecule has 7 unspecified atom stereocenters. The molecule has 246 valence electrons. The van der Waals surface area contributed by atoms with E-state index in [1.807, 2.05) is 0 Å². The van der Waals surface area contributed by atoms with E-state index in [1.54, 1.807) is 13.8 Å². The van der Waals surface area contributed by atoms with Gasteiger partial charge in [-0.25, -0.2) is 9.59 Å². The molecule has 0 radical (unpaired) electrons. The zero-order valence-corrected chi connectivity index (χ0v) is 24.7. The normalized spacial score (nSPS) is 37.0. The molecule has 43 heavy (non-hydrogen) atoms. The van der Waals surface area contributed by atoms with Crippen molar-refractivity contribution >= 4 is 18.3 Å². The van der Waals surface area contributed by atoms with Crippen molar-refractivity contribution in [3.05, 3.63) is 11.8 Å². The molecule has 0 amide bonds. The smallest absolute Gasteiger partial charge is 0.459 e. The topological polar surface area (TPSA) is 226 Å². The summed E-state index contributed by atoms with van der Waals surface area (Å²) in [7, 11) is 0. The number of carbonyl (C=O) groups excluding carboxylic acids is 3. The Labute approximate surface area is 248 Å². The SMILES string of the molecule is CCOC(=O)O[C@H]1CC2C(COC3OC(CO)C(O)C(O)C3O)=CO[C@@](C)(OC(=O)CC(C)C)C2[C@@]1(O)OC(=O)OCC. The Morgan fingerprint density at radius 2 is 1.67 bits per heavy atom. The van der Waals surface area contributed by atoms with E-state index in [1.165, 1.54) is 27.0 Å². The second-order valence-corrected chi connectivity index (χ2v) is 11.1. The van der Waals surface area contributed by atoms with E-state index in [4.69, 9.17) is 37.9 Å². The zero-order chi connectivity index (χ0) is 32.1. The highest BCUT2D eigenvalue weighted by Crippen LogP contribution is 2.55. The Hall–Kier alpha value is -2.73. The molecule has 0 bridgehead atoms. The lowest BCUT2D eigenvalue weighted by molar-refractivity contribution is -0.321. The van der Waals surface area contributed by atoms with Gasteiger partial charge in [0.2, 0.25) is 0 Å². The molecule has 0 aromatic carbocycles. The van der Waals surface area contributed by atoms with Gasteiger partial charge >= 0.3 is 18.3 Å². The molecule has 0 aromatic rings. The first-order valence-electron chi connectivity index (χ1n) is 14.1. The average Bonchev–Trinajstić information content (AvgIpc) is 3.19. The molecule has 0 spiro atoms. The van der Waals surface area contributed by atoms with Crippen LogP contribution in [0, 0.1) is 17.8 Å². The van der Waals surface area contributed by atoms with Crippen LogP contribution >= 0.6 is 0 Å². The molecule has 10 atom stereocenters. The highest BCUT2D eigenvalue weighted by atomic mass is 16.8. The number of hydrogen-bond acceptors (Lipinski definition) is 16. The van der Waals surface area contributed by atoms with Gasteiger partial charge in [0.05, 0.1) is 32.7 Å². The van der Waals surface area contributed by atoms with Crippen LogP contribution < -0.4 is 0 Å². The number of hydrogen-bond donors (Lipinski definition) is 5. The molecule has 1 aliphatic carbocycles. The molecular formula is C27H42O16. The van der Waals surface area contributed by atoms with Crippen molar-refractivity contribution in [1.82, 2.24) is 0 Å². The highest BCUT2D eigenvalue weighted by molar-refractivity contribution is 5.70. The van der Waals surface area contributed by atoms with Crippen molar-refractivity contribution in [2.75, 3.05) is 26.4 Å². The van der Waals surface area contributed by atoms with Crippen LogP contribution in [0.1, 0.15) is 47.5 Å². The Morgan fingerprint density at radius 1 is 1.02 bits per heavy atom. The van der Waals surface area contributed by atoms with Crippen LogP contribution in [-0.2, 0) is 42.7 Å². The van der Waals surface area contributed by atoms with Gasteiger partial charge in [-0.05, 0) is 31.8 Å². The van der Waals surface area contributed by atoms with Gasteiger partial charge in [0.1, 0.15) is 30.3 Å². The van der Waals surface area contributed by atoms with E-state index in [-0.39, 0.29) is 44.2 Å². The van der Waals surface area contributed by atoms with E-state index < -0.39 is 85.1 Å². The molecule has 5 N–H and O–H groups in total. The van der Waals surface area contributed by atoms with E-state index in [9.17, 15) is 39.9 Å².